The highest BCUT2D eigenvalue weighted by molar-refractivity contribution is 7.11. The Morgan fingerprint density at radius 1 is 1.36 bits per heavy atom. The summed E-state index contributed by atoms with van der Waals surface area (Å²) in [6.07, 6.45) is -1.40. The molecule has 0 bridgehead atoms. The minimum atomic E-state index is -1.40. The van der Waals surface area contributed by atoms with Gasteiger partial charge in [0.05, 0.1) is 17.7 Å². The number of hydrogen-bond acceptors (Lipinski definition) is 6. The molecule has 22 heavy (non-hydrogen) atoms. The van der Waals surface area contributed by atoms with E-state index in [1.54, 1.807) is 12.4 Å². The van der Waals surface area contributed by atoms with E-state index in [0.717, 1.165) is 5.56 Å². The van der Waals surface area contributed by atoms with Crippen molar-refractivity contribution >= 4 is 23.2 Å². The second kappa shape index (κ2) is 7.67. The van der Waals surface area contributed by atoms with Gasteiger partial charge in [0.2, 0.25) is 0 Å². The zero-order chi connectivity index (χ0) is 15.9. The van der Waals surface area contributed by atoms with Gasteiger partial charge in [0.1, 0.15) is 11.5 Å². The summed E-state index contributed by atoms with van der Waals surface area (Å²) >= 11 is 1.20. The number of aliphatic hydroxyl groups excluding tert-OH is 1. The first kappa shape index (κ1) is 16.1. The zero-order valence-corrected chi connectivity index (χ0v) is 12.8. The van der Waals surface area contributed by atoms with E-state index in [4.69, 9.17) is 4.74 Å². The summed E-state index contributed by atoms with van der Waals surface area (Å²) in [5.74, 6) is -1.14. The highest BCUT2D eigenvalue weighted by Gasteiger charge is 2.19. The van der Waals surface area contributed by atoms with Crippen molar-refractivity contribution in [2.75, 3.05) is 6.54 Å². The lowest BCUT2D eigenvalue weighted by Crippen LogP contribution is -2.37. The van der Waals surface area contributed by atoms with Crippen molar-refractivity contribution in [2.24, 2.45) is 0 Å². The van der Waals surface area contributed by atoms with Crippen molar-refractivity contribution in [3.05, 3.63) is 52.0 Å². The molecule has 1 atom stereocenters. The number of esters is 1. The van der Waals surface area contributed by atoms with Crippen LogP contribution in [-0.4, -0.2) is 34.6 Å². The maximum absolute atomic E-state index is 11.8. The van der Waals surface area contributed by atoms with Crippen LogP contribution >= 0.6 is 11.3 Å². The third kappa shape index (κ3) is 4.37. The van der Waals surface area contributed by atoms with Gasteiger partial charge < -0.3 is 15.2 Å². The topological polar surface area (TPSA) is 88.5 Å². The van der Waals surface area contributed by atoms with Crippen LogP contribution in [0.15, 0.2) is 35.8 Å². The molecule has 0 aliphatic carbocycles. The number of carbonyl (C=O) groups excluding carboxylic acids is 2. The number of rotatable bonds is 6. The summed E-state index contributed by atoms with van der Waals surface area (Å²) < 4.78 is 4.99. The predicted molar refractivity (Wildman–Crippen MR) is 81.4 cm³/mol. The van der Waals surface area contributed by atoms with E-state index >= 15 is 0 Å². The second-order valence-corrected chi connectivity index (χ2v) is 5.44. The smallest absolute Gasteiger partial charge is 0.337 e. The first-order chi connectivity index (χ1) is 10.6. The first-order valence-electron chi connectivity index (χ1n) is 6.65. The van der Waals surface area contributed by atoms with Gasteiger partial charge >= 0.3 is 5.97 Å². The SMILES string of the molecule is Cc1ncsc1C(=O)NCC(O)C(=O)OCc1ccccc1. The molecule has 0 fully saturated rings. The maximum atomic E-state index is 11.8. The predicted octanol–water partition coefficient (Wildman–Crippen LogP) is 1.29. The molecule has 0 aliphatic heterocycles. The molecule has 1 heterocycles. The number of benzene rings is 1. The number of aromatic nitrogens is 1. The standard InChI is InChI=1S/C15H16N2O4S/c1-10-13(22-9-17-10)14(19)16-7-12(18)15(20)21-8-11-5-3-2-4-6-11/h2-6,9,12,18H,7-8H2,1H3,(H,16,19). The Hall–Kier alpha value is -2.25. The van der Waals surface area contributed by atoms with Crippen molar-refractivity contribution in [3.8, 4) is 0 Å². The molecule has 6 nitrogen and oxygen atoms in total. The zero-order valence-electron chi connectivity index (χ0n) is 12.0. The van der Waals surface area contributed by atoms with Crippen LogP contribution < -0.4 is 5.32 Å². The van der Waals surface area contributed by atoms with Crippen LogP contribution in [0.3, 0.4) is 0 Å². The summed E-state index contributed by atoms with van der Waals surface area (Å²) in [7, 11) is 0. The average Bonchev–Trinajstić information content (AvgIpc) is 2.97. The summed E-state index contributed by atoms with van der Waals surface area (Å²) in [6.45, 7) is 1.60. The Bertz CT molecular complexity index is 642. The Morgan fingerprint density at radius 3 is 2.73 bits per heavy atom. The van der Waals surface area contributed by atoms with Crippen LogP contribution in [-0.2, 0) is 16.1 Å². The highest BCUT2D eigenvalue weighted by atomic mass is 32.1. The Kier molecular flexibility index (Phi) is 5.62. The summed E-state index contributed by atoms with van der Waals surface area (Å²) in [5, 5.41) is 12.2. The molecule has 2 rings (SSSR count). The summed E-state index contributed by atoms with van der Waals surface area (Å²) in [5.41, 5.74) is 3.01. The van der Waals surface area contributed by atoms with Crippen LogP contribution in [0.25, 0.3) is 0 Å². The van der Waals surface area contributed by atoms with Crippen molar-refractivity contribution in [1.29, 1.82) is 0 Å². The van der Waals surface area contributed by atoms with Gasteiger partial charge in [-0.1, -0.05) is 30.3 Å². The molecular formula is C15H16N2O4S. The maximum Gasteiger partial charge on any atom is 0.337 e. The molecule has 2 N–H and O–H groups in total. The highest BCUT2D eigenvalue weighted by Crippen LogP contribution is 2.11. The fraction of sp³-hybridized carbons (Fsp3) is 0.267. The van der Waals surface area contributed by atoms with Gasteiger partial charge in [0.15, 0.2) is 6.10 Å². The molecule has 1 aromatic carbocycles. The number of carbonyl (C=O) groups is 2. The lowest BCUT2D eigenvalue weighted by Gasteiger charge is -2.11. The molecule has 0 saturated heterocycles. The monoisotopic (exact) mass is 320 g/mol. The summed E-state index contributed by atoms with van der Waals surface area (Å²) in [4.78, 5) is 27.9. The first-order valence-corrected chi connectivity index (χ1v) is 7.53. The number of aryl methyl sites for hydroxylation is 1. The van der Waals surface area contributed by atoms with E-state index in [1.807, 2.05) is 30.3 Å². The lowest BCUT2D eigenvalue weighted by molar-refractivity contribution is -0.154. The molecule has 116 valence electrons. The Balaban J connectivity index is 1.77. The number of nitrogens with zero attached hydrogens (tertiary/aromatic N) is 1. The molecule has 0 spiro atoms. The van der Waals surface area contributed by atoms with Gasteiger partial charge in [0.25, 0.3) is 5.91 Å². The molecule has 0 aliphatic rings. The van der Waals surface area contributed by atoms with Crippen LogP contribution in [0.4, 0.5) is 0 Å². The van der Waals surface area contributed by atoms with E-state index in [0.29, 0.717) is 10.6 Å². The second-order valence-electron chi connectivity index (χ2n) is 4.59. The van der Waals surface area contributed by atoms with Crippen LogP contribution in [0.5, 0.6) is 0 Å². The quantitative estimate of drug-likeness (QED) is 0.783. The Labute approximate surface area is 131 Å². The van der Waals surface area contributed by atoms with Gasteiger partial charge in [-0.15, -0.1) is 11.3 Å². The molecule has 0 saturated carbocycles. The molecule has 0 radical (unpaired) electrons. The normalized spacial score (nSPS) is 11.7. The van der Waals surface area contributed by atoms with Crippen LogP contribution in [0, 0.1) is 6.92 Å². The third-order valence-corrected chi connectivity index (χ3v) is 3.83. The fourth-order valence-electron chi connectivity index (χ4n) is 1.70. The largest absolute Gasteiger partial charge is 0.459 e. The number of amides is 1. The number of thiazole rings is 1. The van der Waals surface area contributed by atoms with E-state index in [2.05, 4.69) is 10.3 Å². The minimum absolute atomic E-state index is 0.0820. The van der Waals surface area contributed by atoms with Gasteiger partial charge in [-0.3, -0.25) is 4.79 Å². The average molecular weight is 320 g/mol. The molecular weight excluding hydrogens is 304 g/mol. The van der Waals surface area contributed by atoms with Crippen molar-refractivity contribution < 1.29 is 19.4 Å². The van der Waals surface area contributed by atoms with Gasteiger partial charge in [-0.2, -0.15) is 0 Å². The number of aliphatic hydroxyl groups is 1. The van der Waals surface area contributed by atoms with Gasteiger partial charge in [-0.05, 0) is 12.5 Å². The van der Waals surface area contributed by atoms with E-state index in [-0.39, 0.29) is 19.1 Å². The molecule has 1 amide bonds. The van der Waals surface area contributed by atoms with Crippen LogP contribution in [0.2, 0.25) is 0 Å². The number of ether oxygens (including phenoxy) is 1. The van der Waals surface area contributed by atoms with Gasteiger partial charge in [-0.25, -0.2) is 9.78 Å². The van der Waals surface area contributed by atoms with Crippen molar-refractivity contribution in [3.63, 3.8) is 0 Å². The Morgan fingerprint density at radius 2 is 2.09 bits per heavy atom. The van der Waals surface area contributed by atoms with Gasteiger partial charge in [0, 0.05) is 0 Å². The van der Waals surface area contributed by atoms with E-state index in [9.17, 15) is 14.7 Å². The van der Waals surface area contributed by atoms with Crippen molar-refractivity contribution in [2.45, 2.75) is 19.6 Å². The summed E-state index contributed by atoms with van der Waals surface area (Å²) in [6, 6.07) is 9.15. The van der Waals surface area contributed by atoms with E-state index in [1.165, 1.54) is 11.3 Å². The molecule has 7 heteroatoms. The number of hydrogen-bond donors (Lipinski definition) is 2. The fourth-order valence-corrected chi connectivity index (χ4v) is 2.42. The van der Waals surface area contributed by atoms with Crippen molar-refractivity contribution in [1.82, 2.24) is 10.3 Å². The number of nitrogens with one attached hydrogen (secondary N) is 1. The van der Waals surface area contributed by atoms with E-state index < -0.39 is 12.1 Å². The molecule has 2 aromatic rings. The lowest BCUT2D eigenvalue weighted by atomic mass is 10.2. The third-order valence-electron chi connectivity index (χ3n) is 2.90. The molecule has 1 unspecified atom stereocenters. The minimum Gasteiger partial charge on any atom is -0.459 e. The molecule has 1 aromatic heterocycles. The van der Waals surface area contributed by atoms with Crippen LogP contribution in [0.1, 0.15) is 20.9 Å².